The van der Waals surface area contributed by atoms with Gasteiger partial charge in [0.15, 0.2) is 5.96 Å². The van der Waals surface area contributed by atoms with Gasteiger partial charge < -0.3 is 25.0 Å². The Bertz CT molecular complexity index is 647. The standard InChI is InChI=1S/C20H30N4O3.HI/c1-3-22-19(25)16-8-6-15(7-9-16)13-23-20(21-2)24-10-12-27-18(14-24)17-5-4-11-26-17;/h6-9,17-18H,3-5,10-14H2,1-2H3,(H,21,23)(H,22,25);1H. The zero-order valence-electron chi connectivity index (χ0n) is 16.6. The summed E-state index contributed by atoms with van der Waals surface area (Å²) in [4.78, 5) is 18.5. The number of morpholine rings is 1. The first-order chi connectivity index (χ1) is 13.2. The number of guanidine groups is 1. The van der Waals surface area contributed by atoms with Crippen molar-refractivity contribution >= 4 is 35.8 Å². The first kappa shape index (κ1) is 22.9. The monoisotopic (exact) mass is 502 g/mol. The third kappa shape index (κ3) is 6.05. The molecule has 2 atom stereocenters. The summed E-state index contributed by atoms with van der Waals surface area (Å²) in [6.07, 6.45) is 2.50. The number of rotatable bonds is 5. The van der Waals surface area contributed by atoms with Crippen molar-refractivity contribution in [3.63, 3.8) is 0 Å². The number of nitrogens with zero attached hydrogens (tertiary/aromatic N) is 2. The van der Waals surface area contributed by atoms with E-state index in [1.807, 2.05) is 31.2 Å². The van der Waals surface area contributed by atoms with Crippen LogP contribution in [0, 0.1) is 0 Å². The van der Waals surface area contributed by atoms with E-state index in [2.05, 4.69) is 20.5 Å². The Balaban J connectivity index is 0.00000280. The lowest BCUT2D eigenvalue weighted by molar-refractivity contribution is -0.0817. The van der Waals surface area contributed by atoms with Crippen molar-refractivity contribution < 1.29 is 14.3 Å². The number of benzene rings is 1. The Morgan fingerprint density at radius 2 is 1.93 bits per heavy atom. The lowest BCUT2D eigenvalue weighted by Gasteiger charge is -2.37. The van der Waals surface area contributed by atoms with Crippen LogP contribution in [0.25, 0.3) is 0 Å². The number of hydrogen-bond acceptors (Lipinski definition) is 4. The van der Waals surface area contributed by atoms with Gasteiger partial charge in [-0.2, -0.15) is 0 Å². The molecule has 2 fully saturated rings. The van der Waals surface area contributed by atoms with E-state index in [9.17, 15) is 4.79 Å². The molecule has 3 rings (SSSR count). The van der Waals surface area contributed by atoms with Crippen molar-refractivity contribution in [3.05, 3.63) is 35.4 Å². The van der Waals surface area contributed by atoms with Crippen LogP contribution in [-0.2, 0) is 16.0 Å². The van der Waals surface area contributed by atoms with Crippen molar-refractivity contribution in [2.24, 2.45) is 4.99 Å². The van der Waals surface area contributed by atoms with Gasteiger partial charge in [-0.05, 0) is 37.5 Å². The lowest BCUT2D eigenvalue weighted by Crippen LogP contribution is -2.53. The number of amides is 1. The van der Waals surface area contributed by atoms with Crippen LogP contribution in [0.5, 0.6) is 0 Å². The number of aliphatic imine (C=N–C) groups is 1. The van der Waals surface area contributed by atoms with Gasteiger partial charge in [0, 0.05) is 45.4 Å². The number of nitrogens with one attached hydrogen (secondary N) is 2. The minimum Gasteiger partial charge on any atom is -0.375 e. The van der Waals surface area contributed by atoms with Crippen molar-refractivity contribution in [1.29, 1.82) is 0 Å². The van der Waals surface area contributed by atoms with Gasteiger partial charge >= 0.3 is 0 Å². The molecule has 7 nitrogen and oxygen atoms in total. The maximum Gasteiger partial charge on any atom is 0.251 e. The fraction of sp³-hybridized carbons (Fsp3) is 0.600. The van der Waals surface area contributed by atoms with Crippen molar-refractivity contribution in [2.75, 3.05) is 39.9 Å². The normalized spacial score (nSPS) is 22.5. The Labute approximate surface area is 184 Å². The smallest absolute Gasteiger partial charge is 0.251 e. The minimum atomic E-state index is -0.0405. The Morgan fingerprint density at radius 1 is 1.18 bits per heavy atom. The molecule has 2 aliphatic rings. The van der Waals surface area contributed by atoms with Gasteiger partial charge in [0.05, 0.1) is 12.7 Å². The maximum absolute atomic E-state index is 11.8. The molecule has 1 amide bonds. The summed E-state index contributed by atoms with van der Waals surface area (Å²) in [5, 5.41) is 6.23. The molecule has 2 N–H and O–H groups in total. The molecule has 0 saturated carbocycles. The summed E-state index contributed by atoms with van der Waals surface area (Å²) < 4.78 is 11.7. The predicted molar refractivity (Wildman–Crippen MR) is 120 cm³/mol. The molecule has 0 radical (unpaired) electrons. The average molecular weight is 502 g/mol. The molecule has 0 bridgehead atoms. The van der Waals surface area contributed by atoms with Gasteiger partial charge in [-0.1, -0.05) is 12.1 Å². The average Bonchev–Trinajstić information content (AvgIpc) is 3.24. The topological polar surface area (TPSA) is 75.2 Å². The van der Waals surface area contributed by atoms with Crippen LogP contribution in [0.2, 0.25) is 0 Å². The second-order valence-electron chi connectivity index (χ2n) is 6.86. The maximum atomic E-state index is 11.8. The van der Waals surface area contributed by atoms with Crippen molar-refractivity contribution in [1.82, 2.24) is 15.5 Å². The highest BCUT2D eigenvalue weighted by Gasteiger charge is 2.32. The Kier molecular flexibility index (Phi) is 9.46. The van der Waals surface area contributed by atoms with Gasteiger partial charge in [-0.25, -0.2) is 0 Å². The van der Waals surface area contributed by atoms with Crippen LogP contribution in [0.15, 0.2) is 29.3 Å². The molecule has 2 aliphatic heterocycles. The van der Waals surface area contributed by atoms with E-state index in [-0.39, 0.29) is 42.1 Å². The highest BCUT2D eigenvalue weighted by atomic mass is 127. The molecule has 1 aromatic rings. The second-order valence-corrected chi connectivity index (χ2v) is 6.86. The van der Waals surface area contributed by atoms with Crippen molar-refractivity contribution in [3.8, 4) is 0 Å². The predicted octanol–water partition coefficient (Wildman–Crippen LogP) is 2.01. The minimum absolute atomic E-state index is 0. The molecular formula is C20H31IN4O3. The third-order valence-corrected chi connectivity index (χ3v) is 4.99. The van der Waals surface area contributed by atoms with E-state index in [0.29, 0.717) is 25.3 Å². The molecule has 2 heterocycles. The van der Waals surface area contributed by atoms with E-state index in [0.717, 1.165) is 44.1 Å². The van der Waals surface area contributed by atoms with Crippen molar-refractivity contribution in [2.45, 2.75) is 38.5 Å². The fourth-order valence-corrected chi connectivity index (χ4v) is 3.54. The summed E-state index contributed by atoms with van der Waals surface area (Å²) >= 11 is 0. The zero-order valence-corrected chi connectivity index (χ0v) is 19.0. The number of ether oxygens (including phenoxy) is 2. The number of carbonyl (C=O) groups excluding carboxylic acids is 1. The van der Waals surface area contributed by atoms with Gasteiger partial charge in [-0.15, -0.1) is 24.0 Å². The number of carbonyl (C=O) groups is 1. The number of hydrogen-bond donors (Lipinski definition) is 2. The molecule has 8 heteroatoms. The first-order valence-corrected chi connectivity index (χ1v) is 9.77. The highest BCUT2D eigenvalue weighted by Crippen LogP contribution is 2.21. The van der Waals surface area contributed by atoms with Crippen LogP contribution >= 0.6 is 24.0 Å². The lowest BCUT2D eigenvalue weighted by atomic mass is 10.1. The molecule has 28 heavy (non-hydrogen) atoms. The molecule has 0 aliphatic carbocycles. The molecular weight excluding hydrogens is 471 g/mol. The summed E-state index contributed by atoms with van der Waals surface area (Å²) in [5.41, 5.74) is 1.78. The van der Waals surface area contributed by atoms with Gasteiger partial charge in [0.1, 0.15) is 6.10 Å². The van der Waals surface area contributed by atoms with Crippen LogP contribution in [0.3, 0.4) is 0 Å². The van der Waals surface area contributed by atoms with Gasteiger partial charge in [0.25, 0.3) is 5.91 Å². The summed E-state index contributed by atoms with van der Waals surface area (Å²) in [6, 6.07) is 7.65. The van der Waals surface area contributed by atoms with E-state index < -0.39 is 0 Å². The second kappa shape index (κ2) is 11.6. The van der Waals surface area contributed by atoms with Crippen LogP contribution < -0.4 is 10.6 Å². The Hall–Kier alpha value is -1.39. The molecule has 0 spiro atoms. The zero-order chi connectivity index (χ0) is 19.1. The van der Waals surface area contributed by atoms with Gasteiger partial charge in [-0.3, -0.25) is 9.79 Å². The Morgan fingerprint density at radius 3 is 2.57 bits per heavy atom. The number of halogens is 1. The van der Waals surface area contributed by atoms with Crippen LogP contribution in [0.4, 0.5) is 0 Å². The van der Waals surface area contributed by atoms with E-state index >= 15 is 0 Å². The molecule has 2 unspecified atom stereocenters. The van der Waals surface area contributed by atoms with E-state index in [1.165, 1.54) is 0 Å². The summed E-state index contributed by atoms with van der Waals surface area (Å²) in [6.45, 7) is 6.34. The highest BCUT2D eigenvalue weighted by molar-refractivity contribution is 14.0. The first-order valence-electron chi connectivity index (χ1n) is 9.77. The third-order valence-electron chi connectivity index (χ3n) is 4.99. The van der Waals surface area contributed by atoms with Crippen LogP contribution in [-0.4, -0.2) is 68.9 Å². The van der Waals surface area contributed by atoms with Gasteiger partial charge in [0.2, 0.25) is 0 Å². The van der Waals surface area contributed by atoms with E-state index in [1.54, 1.807) is 7.05 Å². The molecule has 2 saturated heterocycles. The van der Waals surface area contributed by atoms with Crippen LogP contribution in [0.1, 0.15) is 35.7 Å². The molecule has 0 aromatic heterocycles. The largest absolute Gasteiger partial charge is 0.375 e. The van der Waals surface area contributed by atoms with E-state index in [4.69, 9.17) is 9.47 Å². The molecule has 156 valence electrons. The fourth-order valence-electron chi connectivity index (χ4n) is 3.54. The summed E-state index contributed by atoms with van der Waals surface area (Å²) in [5.74, 6) is 0.829. The SMILES string of the molecule is CCNC(=O)c1ccc(CNC(=NC)N2CCOC(C3CCCO3)C2)cc1.I. The molecule has 1 aromatic carbocycles. The quantitative estimate of drug-likeness (QED) is 0.366. The summed E-state index contributed by atoms with van der Waals surface area (Å²) in [7, 11) is 1.80.